The van der Waals surface area contributed by atoms with Crippen LogP contribution in [0.5, 0.6) is 5.75 Å². The predicted molar refractivity (Wildman–Crippen MR) is 150 cm³/mol. The van der Waals surface area contributed by atoms with E-state index in [0.717, 1.165) is 17.7 Å². The Bertz CT molecular complexity index is 1470. The number of benzene rings is 2. The molecule has 4 amide bonds. The molecule has 0 unspecified atom stereocenters. The van der Waals surface area contributed by atoms with Gasteiger partial charge in [0.1, 0.15) is 11.3 Å². The summed E-state index contributed by atoms with van der Waals surface area (Å²) in [4.78, 5) is 40.4. The molecule has 0 aliphatic carbocycles. The second-order valence-electron chi connectivity index (χ2n) is 11.1. The summed E-state index contributed by atoms with van der Waals surface area (Å²) in [6.45, 7) is 7.90. The molecule has 4 rings (SSSR count). The number of imide groups is 1. The first-order valence-electron chi connectivity index (χ1n) is 13.8. The zero-order valence-electron chi connectivity index (χ0n) is 24.7. The average molecular weight is 619 g/mol. The Balaban J connectivity index is 1.17. The smallest absolute Gasteiger partial charge is 0.417 e. The molecule has 1 N–H and O–H groups in total. The van der Waals surface area contributed by atoms with E-state index in [1.807, 2.05) is 6.07 Å². The zero-order valence-corrected chi connectivity index (χ0v) is 24.7. The molecule has 11 nitrogen and oxygen atoms in total. The third kappa shape index (κ3) is 7.12. The summed E-state index contributed by atoms with van der Waals surface area (Å²) in [5.74, 6) is -0.397. The van der Waals surface area contributed by atoms with Crippen molar-refractivity contribution in [3.8, 4) is 11.8 Å². The molecule has 236 valence electrons. The second kappa shape index (κ2) is 12.8. The molecule has 2 aromatic carbocycles. The lowest BCUT2D eigenvalue weighted by atomic mass is 10.0. The molecule has 1 fully saturated rings. The number of amides is 4. The molecule has 2 aromatic rings. The SMILES string of the molecule is CC1(C)NC(=O)c2cc(COCCOCCOCCN3C(=O)N(c4ccc(C#N)c(C(F)(F)F)c4)C(=O)C3(C)C)ccc2O1. The van der Waals surface area contributed by atoms with E-state index in [4.69, 9.17) is 24.2 Å². The summed E-state index contributed by atoms with van der Waals surface area (Å²) in [7, 11) is 0. The van der Waals surface area contributed by atoms with Gasteiger partial charge in [0, 0.05) is 6.54 Å². The predicted octanol–water partition coefficient (Wildman–Crippen LogP) is 4.23. The number of hydrogen-bond acceptors (Lipinski definition) is 8. The highest BCUT2D eigenvalue weighted by Crippen LogP contribution is 2.37. The Kier molecular flexibility index (Phi) is 9.53. The van der Waals surface area contributed by atoms with Crippen molar-refractivity contribution in [2.75, 3.05) is 44.5 Å². The lowest BCUT2D eigenvalue weighted by Gasteiger charge is -2.33. The molecular formula is C30H33F3N4O7. The van der Waals surface area contributed by atoms with Crippen LogP contribution < -0.4 is 15.0 Å². The number of alkyl halides is 3. The number of halogens is 3. The van der Waals surface area contributed by atoms with E-state index < -0.39 is 40.5 Å². The van der Waals surface area contributed by atoms with Gasteiger partial charge in [-0.2, -0.15) is 18.4 Å². The van der Waals surface area contributed by atoms with E-state index in [2.05, 4.69) is 5.32 Å². The minimum atomic E-state index is -4.83. The van der Waals surface area contributed by atoms with Crippen LogP contribution in [0.4, 0.5) is 23.7 Å². The number of fused-ring (bicyclic) bond motifs is 1. The van der Waals surface area contributed by atoms with Crippen LogP contribution in [0.1, 0.15) is 54.7 Å². The fraction of sp³-hybridized carbons (Fsp3) is 0.467. The molecule has 2 aliphatic rings. The topological polar surface area (TPSA) is 130 Å². The van der Waals surface area contributed by atoms with Crippen LogP contribution in [0.3, 0.4) is 0 Å². The van der Waals surface area contributed by atoms with Gasteiger partial charge in [0.05, 0.1) is 68.1 Å². The largest absolute Gasteiger partial charge is 0.468 e. The first kappa shape index (κ1) is 32.7. The van der Waals surface area contributed by atoms with Crippen molar-refractivity contribution >= 4 is 23.5 Å². The number of hydrogen-bond donors (Lipinski definition) is 1. The Morgan fingerprint density at radius 3 is 2.25 bits per heavy atom. The van der Waals surface area contributed by atoms with E-state index in [9.17, 15) is 27.6 Å². The molecule has 0 bridgehead atoms. The number of carbonyl (C=O) groups is 3. The van der Waals surface area contributed by atoms with Gasteiger partial charge in [-0.05, 0) is 63.6 Å². The highest BCUT2D eigenvalue weighted by Gasteiger charge is 2.52. The van der Waals surface area contributed by atoms with Crippen LogP contribution in [-0.4, -0.2) is 73.6 Å². The highest BCUT2D eigenvalue weighted by molar-refractivity contribution is 6.23. The van der Waals surface area contributed by atoms with Gasteiger partial charge in [0.25, 0.3) is 11.8 Å². The maximum atomic E-state index is 13.4. The van der Waals surface area contributed by atoms with Crippen LogP contribution >= 0.6 is 0 Å². The maximum Gasteiger partial charge on any atom is 0.417 e. The average Bonchev–Trinajstić information content (AvgIpc) is 3.11. The van der Waals surface area contributed by atoms with Gasteiger partial charge in [0.2, 0.25) is 0 Å². The normalized spacial score (nSPS) is 17.3. The Morgan fingerprint density at radius 2 is 1.59 bits per heavy atom. The minimum absolute atomic E-state index is 0.0148. The van der Waals surface area contributed by atoms with Gasteiger partial charge in [0.15, 0.2) is 5.72 Å². The standard InChI is InChI=1S/C30H33F3N4O7/c1-28(2)26(39)37(21-7-6-20(17-34)23(16-21)30(31,32)33)27(40)36(28)9-10-41-11-12-42-13-14-43-18-19-5-8-24-22(15-19)25(38)35-29(3,4)44-24/h5-8,15-16H,9-14,18H2,1-4H3,(H,35,38). The molecule has 0 atom stereocenters. The van der Waals surface area contributed by atoms with E-state index >= 15 is 0 Å². The van der Waals surface area contributed by atoms with Crippen molar-refractivity contribution in [1.82, 2.24) is 10.2 Å². The van der Waals surface area contributed by atoms with E-state index in [1.165, 1.54) is 24.8 Å². The summed E-state index contributed by atoms with van der Waals surface area (Å²) in [5, 5.41) is 11.8. The van der Waals surface area contributed by atoms with Crippen molar-refractivity contribution in [3.05, 3.63) is 58.7 Å². The molecule has 2 heterocycles. The molecule has 0 radical (unpaired) electrons. The minimum Gasteiger partial charge on any atom is -0.468 e. The first-order valence-corrected chi connectivity index (χ1v) is 13.8. The number of nitrogens with one attached hydrogen (secondary N) is 1. The van der Waals surface area contributed by atoms with Crippen molar-refractivity contribution in [1.29, 1.82) is 5.26 Å². The third-order valence-corrected chi connectivity index (χ3v) is 7.05. The van der Waals surface area contributed by atoms with E-state index in [1.54, 1.807) is 26.0 Å². The van der Waals surface area contributed by atoms with Crippen molar-refractivity contribution < 1.29 is 46.5 Å². The van der Waals surface area contributed by atoms with Crippen LogP contribution in [0.2, 0.25) is 0 Å². The van der Waals surface area contributed by atoms with Gasteiger partial charge in [-0.15, -0.1) is 0 Å². The van der Waals surface area contributed by atoms with Crippen LogP contribution in [0.15, 0.2) is 36.4 Å². The third-order valence-electron chi connectivity index (χ3n) is 7.05. The molecule has 44 heavy (non-hydrogen) atoms. The molecule has 1 saturated heterocycles. The molecular weight excluding hydrogens is 585 g/mol. The summed E-state index contributed by atoms with van der Waals surface area (Å²) in [6.07, 6.45) is -4.83. The lowest BCUT2D eigenvalue weighted by molar-refractivity contribution is -0.137. The van der Waals surface area contributed by atoms with Crippen molar-refractivity contribution in [2.45, 2.75) is 51.7 Å². The number of nitrogens with zero attached hydrogens (tertiary/aromatic N) is 3. The van der Waals surface area contributed by atoms with Crippen LogP contribution in [0, 0.1) is 11.3 Å². The van der Waals surface area contributed by atoms with Gasteiger partial charge in [-0.1, -0.05) is 6.07 Å². The van der Waals surface area contributed by atoms with Crippen LogP contribution in [0.25, 0.3) is 0 Å². The van der Waals surface area contributed by atoms with Crippen LogP contribution in [-0.2, 0) is 31.8 Å². The Morgan fingerprint density at radius 1 is 0.932 bits per heavy atom. The molecule has 0 aromatic heterocycles. The van der Waals surface area contributed by atoms with Gasteiger partial charge >= 0.3 is 12.2 Å². The summed E-state index contributed by atoms with van der Waals surface area (Å²) < 4.78 is 62.7. The molecule has 0 saturated carbocycles. The number of nitriles is 1. The highest BCUT2D eigenvalue weighted by atomic mass is 19.4. The number of rotatable bonds is 12. The fourth-order valence-electron chi connectivity index (χ4n) is 4.80. The van der Waals surface area contributed by atoms with Crippen molar-refractivity contribution in [3.63, 3.8) is 0 Å². The second-order valence-corrected chi connectivity index (χ2v) is 11.1. The Hall–Kier alpha value is -4.19. The fourth-order valence-corrected chi connectivity index (χ4v) is 4.80. The molecule has 14 heteroatoms. The number of urea groups is 1. The molecule has 0 spiro atoms. The van der Waals surface area contributed by atoms with Gasteiger partial charge in [-0.25, -0.2) is 9.69 Å². The molecule has 2 aliphatic heterocycles. The lowest BCUT2D eigenvalue weighted by Crippen LogP contribution is -2.51. The monoisotopic (exact) mass is 618 g/mol. The summed E-state index contributed by atoms with van der Waals surface area (Å²) in [6, 6.07) is 8.68. The Labute approximate surface area is 252 Å². The number of ether oxygens (including phenoxy) is 4. The summed E-state index contributed by atoms with van der Waals surface area (Å²) >= 11 is 0. The summed E-state index contributed by atoms with van der Waals surface area (Å²) in [5.41, 5.74) is -2.95. The van der Waals surface area contributed by atoms with E-state index in [0.29, 0.717) is 28.9 Å². The maximum absolute atomic E-state index is 13.4. The number of anilines is 1. The quantitative estimate of drug-likeness (QED) is 0.276. The first-order chi connectivity index (χ1) is 20.7. The van der Waals surface area contributed by atoms with Gasteiger partial charge < -0.3 is 29.2 Å². The zero-order chi connectivity index (χ0) is 32.3. The van der Waals surface area contributed by atoms with Gasteiger partial charge in [-0.3, -0.25) is 9.59 Å². The van der Waals surface area contributed by atoms with Crippen molar-refractivity contribution in [2.24, 2.45) is 0 Å². The van der Waals surface area contributed by atoms with E-state index in [-0.39, 0.29) is 51.2 Å². The number of carbonyl (C=O) groups excluding carboxylic acids is 3.